The van der Waals surface area contributed by atoms with E-state index in [-0.39, 0.29) is 18.4 Å². The van der Waals surface area contributed by atoms with Gasteiger partial charge in [0, 0.05) is 13.1 Å². The lowest BCUT2D eigenvalue weighted by Crippen LogP contribution is -2.58. The normalized spacial score (nSPS) is 31.0. The highest BCUT2D eigenvalue weighted by Gasteiger charge is 2.40. The molecule has 18 heavy (non-hydrogen) atoms. The van der Waals surface area contributed by atoms with E-state index < -0.39 is 12.3 Å². The summed E-state index contributed by atoms with van der Waals surface area (Å²) in [4.78, 5) is 36.8. The first-order chi connectivity index (χ1) is 8.75. The van der Waals surface area contributed by atoms with E-state index >= 15 is 0 Å². The number of rotatable bonds is 2. The Morgan fingerprint density at radius 1 is 1.28 bits per heavy atom. The van der Waals surface area contributed by atoms with E-state index in [1.807, 2.05) is 0 Å². The monoisotopic (exact) mass is 254 g/mol. The largest absolute Gasteiger partial charge is 0.378 e. The molecule has 2 amide bonds. The topological polar surface area (TPSA) is 68.3 Å². The van der Waals surface area contributed by atoms with Gasteiger partial charge in [-0.1, -0.05) is 0 Å². The molecule has 0 aromatic rings. The molecule has 2 bridgehead atoms. The smallest absolute Gasteiger partial charge is 0.261 e. The predicted molar refractivity (Wildman–Crippen MR) is 58.0 cm³/mol. The minimum absolute atomic E-state index is 0.0215. The molecule has 0 aliphatic carbocycles. The molecule has 0 N–H and O–H groups in total. The van der Waals surface area contributed by atoms with E-state index in [9.17, 15) is 9.59 Å². The Morgan fingerprint density at radius 2 is 2.06 bits per heavy atom. The Labute approximate surface area is 104 Å². The molecular weight excluding hydrogens is 240 g/mol. The van der Waals surface area contributed by atoms with E-state index in [0.717, 1.165) is 0 Å². The number of amides is 2. The summed E-state index contributed by atoms with van der Waals surface area (Å²) in [6.07, 6.45) is 2.06. The van der Waals surface area contributed by atoms with Gasteiger partial charge in [-0.05, 0) is 12.2 Å². The molecule has 0 aromatic carbocycles. The van der Waals surface area contributed by atoms with E-state index in [1.165, 1.54) is 4.90 Å². The van der Waals surface area contributed by atoms with Gasteiger partial charge in [-0.3, -0.25) is 14.5 Å². The van der Waals surface area contributed by atoms with Crippen molar-refractivity contribution >= 4 is 11.8 Å². The number of nitrogens with zero attached hydrogens (tertiary/aromatic N) is 2. The molecule has 4 heterocycles. The quantitative estimate of drug-likeness (QED) is 0.462. The predicted octanol–water partition coefficient (Wildman–Crippen LogP) is -1.10. The van der Waals surface area contributed by atoms with Crippen LogP contribution in [0.1, 0.15) is 0 Å². The van der Waals surface area contributed by atoms with Crippen LogP contribution in [0, 0.1) is 0 Å². The van der Waals surface area contributed by atoms with Gasteiger partial charge in [0.2, 0.25) is 5.91 Å². The van der Waals surface area contributed by atoms with Gasteiger partial charge in [0.15, 0.2) is 12.3 Å². The molecule has 98 valence electrons. The van der Waals surface area contributed by atoms with Crippen molar-refractivity contribution in [1.29, 1.82) is 0 Å². The maximum absolute atomic E-state index is 12.0. The van der Waals surface area contributed by atoms with Crippen molar-refractivity contribution in [1.82, 2.24) is 9.80 Å². The molecule has 7 heteroatoms. The Hall–Kier alpha value is -1.44. The van der Waals surface area contributed by atoms with Crippen molar-refractivity contribution in [3.8, 4) is 0 Å². The molecule has 2 fully saturated rings. The van der Waals surface area contributed by atoms with Crippen LogP contribution >= 0.6 is 0 Å². The van der Waals surface area contributed by atoms with Gasteiger partial charge in [0.05, 0.1) is 13.2 Å². The summed E-state index contributed by atoms with van der Waals surface area (Å²) in [5.41, 5.74) is 0. The first kappa shape index (κ1) is 11.6. The molecule has 0 radical (unpaired) electrons. The molecule has 0 aromatic heterocycles. The maximum Gasteiger partial charge on any atom is 0.261 e. The minimum Gasteiger partial charge on any atom is -0.378 e. The number of fused-ring (bicyclic) bond motifs is 2. The fraction of sp³-hybridized carbons (Fsp3) is 0.636. The van der Waals surface area contributed by atoms with Gasteiger partial charge in [0.1, 0.15) is 6.54 Å². The van der Waals surface area contributed by atoms with Crippen molar-refractivity contribution < 1.29 is 24.1 Å². The Bertz CT molecular complexity index is 391. The van der Waals surface area contributed by atoms with Crippen LogP contribution in [0.25, 0.3) is 0 Å². The SMILES string of the molecule is O=C(CN1C(=O)C2C=CC1OO2)N1CCOCC1. The lowest BCUT2D eigenvalue weighted by molar-refractivity contribution is -0.374. The van der Waals surface area contributed by atoms with Crippen LogP contribution < -0.4 is 0 Å². The van der Waals surface area contributed by atoms with E-state index in [0.29, 0.717) is 26.3 Å². The maximum atomic E-state index is 12.0. The first-order valence-electron chi connectivity index (χ1n) is 5.92. The fourth-order valence-electron chi connectivity index (χ4n) is 2.17. The second-order valence-electron chi connectivity index (χ2n) is 4.35. The van der Waals surface area contributed by atoms with Crippen molar-refractivity contribution in [2.24, 2.45) is 0 Å². The standard InChI is InChI=1S/C11H14N2O5/c14-9(12-3-5-16-6-4-12)7-13-10-2-1-8(11(13)15)17-18-10/h1-2,8,10H,3-7H2. The summed E-state index contributed by atoms with van der Waals surface area (Å²) < 4.78 is 5.18. The zero-order chi connectivity index (χ0) is 12.5. The molecule has 2 saturated heterocycles. The number of hydrogen-bond acceptors (Lipinski definition) is 5. The number of carbonyl (C=O) groups excluding carboxylic acids is 2. The van der Waals surface area contributed by atoms with Gasteiger partial charge >= 0.3 is 0 Å². The zero-order valence-electron chi connectivity index (χ0n) is 9.78. The molecule has 4 aliphatic rings. The fourth-order valence-corrected chi connectivity index (χ4v) is 2.17. The summed E-state index contributed by atoms with van der Waals surface area (Å²) in [7, 11) is 0. The Morgan fingerprint density at radius 3 is 2.67 bits per heavy atom. The number of morpholine rings is 1. The summed E-state index contributed by atoms with van der Waals surface area (Å²) in [5, 5.41) is 0. The van der Waals surface area contributed by atoms with Crippen molar-refractivity contribution in [2.45, 2.75) is 12.3 Å². The number of hydrogen-bond donors (Lipinski definition) is 0. The third-order valence-electron chi connectivity index (χ3n) is 3.21. The van der Waals surface area contributed by atoms with Crippen molar-refractivity contribution in [2.75, 3.05) is 32.8 Å². The Balaban J connectivity index is 1.64. The van der Waals surface area contributed by atoms with E-state index in [1.54, 1.807) is 17.1 Å². The van der Waals surface area contributed by atoms with Gasteiger partial charge in [-0.25, -0.2) is 9.78 Å². The number of carbonyl (C=O) groups is 2. The lowest BCUT2D eigenvalue weighted by atomic mass is 10.1. The van der Waals surface area contributed by atoms with Crippen molar-refractivity contribution in [3.63, 3.8) is 0 Å². The van der Waals surface area contributed by atoms with Crippen LogP contribution in [0.15, 0.2) is 12.2 Å². The van der Waals surface area contributed by atoms with Crippen LogP contribution in [-0.2, 0) is 24.1 Å². The van der Waals surface area contributed by atoms with Gasteiger partial charge < -0.3 is 9.64 Å². The second kappa shape index (κ2) is 4.68. The average molecular weight is 254 g/mol. The van der Waals surface area contributed by atoms with E-state index in [2.05, 4.69) is 0 Å². The molecule has 7 nitrogen and oxygen atoms in total. The highest BCUT2D eigenvalue weighted by Crippen LogP contribution is 2.22. The van der Waals surface area contributed by atoms with Gasteiger partial charge in [0.25, 0.3) is 5.91 Å². The minimum atomic E-state index is -0.715. The van der Waals surface area contributed by atoms with E-state index in [4.69, 9.17) is 14.5 Å². The van der Waals surface area contributed by atoms with Crippen molar-refractivity contribution in [3.05, 3.63) is 12.2 Å². The van der Waals surface area contributed by atoms with Gasteiger partial charge in [-0.2, -0.15) is 0 Å². The zero-order valence-corrected chi connectivity index (χ0v) is 9.78. The third kappa shape index (κ3) is 2.00. The van der Waals surface area contributed by atoms with Crippen LogP contribution in [0.5, 0.6) is 0 Å². The van der Waals surface area contributed by atoms with Crippen LogP contribution in [0.2, 0.25) is 0 Å². The molecule has 2 atom stereocenters. The van der Waals surface area contributed by atoms with Crippen LogP contribution in [0.3, 0.4) is 0 Å². The summed E-state index contributed by atoms with van der Waals surface area (Å²) >= 11 is 0. The van der Waals surface area contributed by atoms with Crippen LogP contribution in [0.4, 0.5) is 0 Å². The molecule has 0 saturated carbocycles. The van der Waals surface area contributed by atoms with Crippen LogP contribution in [-0.4, -0.2) is 66.8 Å². The number of ether oxygens (including phenoxy) is 1. The summed E-state index contributed by atoms with van der Waals surface area (Å²) in [5.74, 6) is -0.313. The van der Waals surface area contributed by atoms with Gasteiger partial charge in [-0.15, -0.1) is 0 Å². The second-order valence-corrected chi connectivity index (χ2v) is 4.35. The Kier molecular flexibility index (Phi) is 3.02. The molecule has 4 aliphatic heterocycles. The first-order valence-corrected chi connectivity index (χ1v) is 5.92. The highest BCUT2D eigenvalue weighted by atomic mass is 17.2. The molecule has 0 spiro atoms. The highest BCUT2D eigenvalue weighted by molar-refractivity contribution is 5.89. The molecule has 2 unspecified atom stereocenters. The lowest BCUT2D eigenvalue weighted by Gasteiger charge is -2.39. The summed E-state index contributed by atoms with van der Waals surface area (Å²) in [6, 6.07) is 0. The summed E-state index contributed by atoms with van der Waals surface area (Å²) in [6.45, 7) is 2.26. The third-order valence-corrected chi connectivity index (χ3v) is 3.21. The average Bonchev–Trinajstić information content (AvgIpc) is 2.44. The molecule has 4 rings (SSSR count). The molecular formula is C11H14N2O5.